The van der Waals surface area contributed by atoms with Gasteiger partial charge in [0.05, 0.1) is 4.47 Å². The van der Waals surface area contributed by atoms with E-state index >= 15 is 0 Å². The van der Waals surface area contributed by atoms with E-state index in [0.29, 0.717) is 4.68 Å². The topological polar surface area (TPSA) is 73.6 Å². The van der Waals surface area contributed by atoms with Crippen LogP contribution in [-0.4, -0.2) is 33.5 Å². The second kappa shape index (κ2) is 5.66. The van der Waals surface area contributed by atoms with Crippen molar-refractivity contribution in [1.82, 2.24) is 9.78 Å². The summed E-state index contributed by atoms with van der Waals surface area (Å²) < 4.78 is 91.6. The SMILES string of the molecule is Cn1nc(C(F)(F)OC(F)(F)OC(F)(F)F)c(Br)c1C(=O)O. The predicted octanol–water partition coefficient (Wildman–Crippen LogP) is 3.03. The second-order valence-corrected chi connectivity index (χ2v) is 4.36. The van der Waals surface area contributed by atoms with E-state index in [2.05, 4.69) is 30.5 Å². The van der Waals surface area contributed by atoms with Crippen molar-refractivity contribution in [2.45, 2.75) is 18.8 Å². The average Bonchev–Trinajstić information content (AvgIpc) is 2.48. The first-order valence-corrected chi connectivity index (χ1v) is 5.64. The summed E-state index contributed by atoms with van der Waals surface area (Å²) in [5.74, 6) is -1.75. The maximum atomic E-state index is 13.5. The number of aromatic nitrogens is 2. The Morgan fingerprint density at radius 3 is 2.05 bits per heavy atom. The van der Waals surface area contributed by atoms with Gasteiger partial charge in [-0.3, -0.25) is 4.68 Å². The smallest absolute Gasteiger partial charge is 0.476 e. The van der Waals surface area contributed by atoms with Crippen LogP contribution in [0.3, 0.4) is 0 Å². The van der Waals surface area contributed by atoms with Crippen molar-refractivity contribution < 1.29 is 50.1 Å². The van der Waals surface area contributed by atoms with Gasteiger partial charge in [-0.1, -0.05) is 0 Å². The van der Waals surface area contributed by atoms with Crippen molar-refractivity contribution in [1.29, 1.82) is 0 Å². The largest absolute Gasteiger partial charge is 0.529 e. The van der Waals surface area contributed by atoms with Gasteiger partial charge < -0.3 is 5.11 Å². The molecule has 0 saturated carbocycles. The van der Waals surface area contributed by atoms with E-state index in [-0.39, 0.29) is 0 Å². The monoisotopic (exact) mass is 404 g/mol. The fourth-order valence-electron chi connectivity index (χ4n) is 1.27. The molecule has 0 unspecified atom stereocenters. The number of carboxylic acid groups (broad SMARTS) is 1. The Labute approximate surface area is 124 Å². The lowest BCUT2D eigenvalue weighted by Gasteiger charge is -2.22. The van der Waals surface area contributed by atoms with E-state index in [1.807, 2.05) is 0 Å². The number of halogens is 8. The number of hydrogen-bond donors (Lipinski definition) is 1. The number of carbonyl (C=O) groups is 1. The van der Waals surface area contributed by atoms with Crippen molar-refractivity contribution >= 4 is 21.9 Å². The van der Waals surface area contributed by atoms with Gasteiger partial charge in [0.15, 0.2) is 11.4 Å². The van der Waals surface area contributed by atoms with Crippen LogP contribution in [0.25, 0.3) is 0 Å². The van der Waals surface area contributed by atoms with Gasteiger partial charge in [-0.25, -0.2) is 9.53 Å². The van der Waals surface area contributed by atoms with Gasteiger partial charge in [0.2, 0.25) is 0 Å². The number of nitrogens with zero attached hydrogens (tertiary/aromatic N) is 2. The van der Waals surface area contributed by atoms with Crippen LogP contribution in [0.5, 0.6) is 0 Å². The molecule has 0 aliphatic heterocycles. The number of hydrogen-bond acceptors (Lipinski definition) is 4. The Morgan fingerprint density at radius 2 is 1.68 bits per heavy atom. The minimum absolute atomic E-state index is 0.377. The van der Waals surface area contributed by atoms with Crippen LogP contribution in [0.2, 0.25) is 0 Å². The molecular formula is C8H4BrF7N2O4. The molecule has 0 radical (unpaired) electrons. The number of carboxylic acids is 1. The molecule has 1 aromatic heterocycles. The summed E-state index contributed by atoms with van der Waals surface area (Å²) in [6.07, 6.45) is -16.8. The van der Waals surface area contributed by atoms with Gasteiger partial charge in [0, 0.05) is 7.05 Å². The fourth-order valence-corrected chi connectivity index (χ4v) is 2.01. The third kappa shape index (κ3) is 4.30. The summed E-state index contributed by atoms with van der Waals surface area (Å²) in [4.78, 5) is 10.8. The lowest BCUT2D eigenvalue weighted by atomic mass is 10.3. The van der Waals surface area contributed by atoms with E-state index in [9.17, 15) is 35.5 Å². The highest BCUT2D eigenvalue weighted by Crippen LogP contribution is 2.41. The third-order valence-electron chi connectivity index (χ3n) is 1.95. The van der Waals surface area contributed by atoms with Crippen LogP contribution in [0.4, 0.5) is 30.7 Å². The standard InChI is InChI=1S/C8H4BrF7N2O4/c1-18-3(5(19)20)2(9)4(17-18)6(10,11)21-8(15,16)22-7(12,13)14/h1H3,(H,19,20). The van der Waals surface area contributed by atoms with E-state index in [1.54, 1.807) is 0 Å². The molecule has 126 valence electrons. The molecule has 1 heterocycles. The maximum Gasteiger partial charge on any atom is 0.529 e. The molecule has 1 N–H and O–H groups in total. The summed E-state index contributed by atoms with van der Waals surface area (Å²) in [5.41, 5.74) is -2.53. The summed E-state index contributed by atoms with van der Waals surface area (Å²) >= 11 is 2.38. The minimum Gasteiger partial charge on any atom is -0.476 e. The van der Waals surface area contributed by atoms with E-state index in [4.69, 9.17) is 5.11 Å². The first-order chi connectivity index (χ1) is 9.66. The number of ether oxygens (including phenoxy) is 2. The molecule has 1 aromatic rings. The van der Waals surface area contributed by atoms with Crippen molar-refractivity contribution in [3.63, 3.8) is 0 Å². The minimum atomic E-state index is -5.95. The van der Waals surface area contributed by atoms with Crippen LogP contribution in [0.1, 0.15) is 16.2 Å². The van der Waals surface area contributed by atoms with Crippen molar-refractivity contribution in [3.05, 3.63) is 15.9 Å². The lowest BCUT2D eigenvalue weighted by Crippen LogP contribution is -2.38. The Hall–Kier alpha value is -1.41. The highest BCUT2D eigenvalue weighted by molar-refractivity contribution is 9.10. The molecule has 0 saturated heterocycles. The van der Waals surface area contributed by atoms with E-state index in [1.165, 1.54) is 0 Å². The molecule has 0 atom stereocenters. The Balaban J connectivity index is 3.15. The molecule has 0 aliphatic carbocycles. The zero-order chi connectivity index (χ0) is 17.5. The molecule has 0 aromatic carbocycles. The summed E-state index contributed by atoms with van der Waals surface area (Å²) in [6.45, 7) is 0. The highest BCUT2D eigenvalue weighted by atomic mass is 79.9. The van der Waals surface area contributed by atoms with Gasteiger partial charge in [0.1, 0.15) is 0 Å². The van der Waals surface area contributed by atoms with Crippen LogP contribution >= 0.6 is 15.9 Å². The first kappa shape index (κ1) is 18.6. The summed E-state index contributed by atoms with van der Waals surface area (Å²) in [6, 6.07) is 0. The molecule has 6 nitrogen and oxygen atoms in total. The van der Waals surface area contributed by atoms with E-state index < -0.39 is 40.6 Å². The molecule has 0 amide bonds. The number of rotatable bonds is 5. The normalized spacial score (nSPS) is 13.5. The van der Waals surface area contributed by atoms with Crippen LogP contribution < -0.4 is 0 Å². The molecule has 0 spiro atoms. The molecule has 1 rings (SSSR count). The number of aryl methyl sites for hydroxylation is 1. The first-order valence-electron chi connectivity index (χ1n) is 4.85. The van der Waals surface area contributed by atoms with Gasteiger partial charge in [-0.2, -0.15) is 18.6 Å². The van der Waals surface area contributed by atoms with Gasteiger partial charge in [0.25, 0.3) is 0 Å². The number of aromatic carboxylic acids is 1. The second-order valence-electron chi connectivity index (χ2n) is 3.57. The zero-order valence-electron chi connectivity index (χ0n) is 10.1. The Morgan fingerprint density at radius 1 is 1.18 bits per heavy atom. The molecule has 0 fully saturated rings. The predicted molar refractivity (Wildman–Crippen MR) is 54.9 cm³/mol. The van der Waals surface area contributed by atoms with Gasteiger partial charge >= 0.3 is 24.7 Å². The summed E-state index contributed by atoms with van der Waals surface area (Å²) in [7, 11) is 0.887. The molecule has 0 bridgehead atoms. The molecule has 14 heteroatoms. The third-order valence-corrected chi connectivity index (χ3v) is 2.70. The molecule has 22 heavy (non-hydrogen) atoms. The lowest BCUT2D eigenvalue weighted by molar-refractivity contribution is -0.538. The molecular weight excluding hydrogens is 401 g/mol. The maximum absolute atomic E-state index is 13.5. The van der Waals surface area contributed by atoms with Crippen molar-refractivity contribution in [2.24, 2.45) is 7.05 Å². The van der Waals surface area contributed by atoms with Crippen LogP contribution in [0.15, 0.2) is 4.47 Å². The number of alkyl halides is 7. The van der Waals surface area contributed by atoms with Crippen LogP contribution in [-0.2, 0) is 22.6 Å². The fraction of sp³-hybridized carbons (Fsp3) is 0.500. The Kier molecular flexibility index (Phi) is 4.79. The molecule has 0 aliphatic rings. The zero-order valence-corrected chi connectivity index (χ0v) is 11.7. The summed E-state index contributed by atoms with van der Waals surface area (Å²) in [5, 5.41) is 11.6. The Bertz CT molecular complexity index is 586. The average molecular weight is 405 g/mol. The van der Waals surface area contributed by atoms with Crippen molar-refractivity contribution in [2.75, 3.05) is 0 Å². The van der Waals surface area contributed by atoms with Gasteiger partial charge in [-0.05, 0) is 15.9 Å². The van der Waals surface area contributed by atoms with E-state index in [0.717, 1.165) is 7.05 Å². The van der Waals surface area contributed by atoms with Crippen molar-refractivity contribution in [3.8, 4) is 0 Å². The van der Waals surface area contributed by atoms with Crippen LogP contribution in [0, 0.1) is 0 Å². The quantitative estimate of drug-likeness (QED) is 0.603. The van der Waals surface area contributed by atoms with Gasteiger partial charge in [-0.15, -0.1) is 22.0 Å². The highest BCUT2D eigenvalue weighted by Gasteiger charge is 2.55.